The molecule has 0 unspecified atom stereocenters. The smallest absolute Gasteiger partial charge is 0.162 e. The third-order valence-corrected chi connectivity index (χ3v) is 10.0. The van der Waals surface area contributed by atoms with Gasteiger partial charge in [0.1, 0.15) is 0 Å². The van der Waals surface area contributed by atoms with E-state index < -0.39 is 17.1 Å². The number of carbonyl (C=O) groups excluding carboxylic acids is 1. The summed E-state index contributed by atoms with van der Waals surface area (Å²) in [5, 5.41) is 20.5. The summed E-state index contributed by atoms with van der Waals surface area (Å²) in [5.41, 5.74) is 4.53. The first-order chi connectivity index (χ1) is 20.4. The summed E-state index contributed by atoms with van der Waals surface area (Å²) < 4.78 is 6.45. The predicted octanol–water partition coefficient (Wildman–Crippen LogP) is 9.02. The molecule has 5 atom stereocenters. The lowest BCUT2D eigenvalue weighted by molar-refractivity contribution is -0.127. The molecule has 2 aliphatic carbocycles. The molecule has 0 saturated heterocycles. The number of fused-ring (bicyclic) bond motifs is 1. The Morgan fingerprint density at radius 3 is 1.80 bits per heavy atom. The summed E-state index contributed by atoms with van der Waals surface area (Å²) in [6.45, 7) is 20.9. The summed E-state index contributed by atoms with van der Waals surface area (Å²) in [6.07, 6.45) is 28.1. The van der Waals surface area contributed by atoms with Crippen molar-refractivity contribution >= 4 is 5.78 Å². The minimum atomic E-state index is -0.536. The molecule has 0 aromatic rings. The molecule has 0 radical (unpaired) electrons. The van der Waals surface area contributed by atoms with Gasteiger partial charge in [-0.05, 0) is 88.0 Å². The summed E-state index contributed by atoms with van der Waals surface area (Å²) >= 11 is 0. The Hall–Kier alpha value is -2.79. The van der Waals surface area contributed by atoms with E-state index in [1.807, 2.05) is 50.3 Å². The van der Waals surface area contributed by atoms with Gasteiger partial charge in [-0.1, -0.05) is 118 Å². The molecular weight excluding hydrogens is 544 g/mol. The van der Waals surface area contributed by atoms with Gasteiger partial charge in [0.25, 0.3) is 0 Å². The number of allylic oxidation sites excluding steroid dienone is 15. The van der Waals surface area contributed by atoms with E-state index in [2.05, 4.69) is 91.8 Å². The van der Waals surface area contributed by atoms with Crippen molar-refractivity contribution in [2.75, 3.05) is 0 Å². The monoisotopic (exact) mass is 600 g/mol. The highest BCUT2D eigenvalue weighted by atomic mass is 16.5. The van der Waals surface area contributed by atoms with E-state index in [0.29, 0.717) is 19.3 Å². The average Bonchev–Trinajstić information content (AvgIpc) is 3.37. The van der Waals surface area contributed by atoms with Crippen LogP contribution in [0.25, 0.3) is 0 Å². The van der Waals surface area contributed by atoms with Gasteiger partial charge in [0, 0.05) is 11.8 Å². The largest absolute Gasteiger partial charge is 0.393 e. The van der Waals surface area contributed by atoms with Crippen molar-refractivity contribution in [3.8, 4) is 0 Å². The Labute approximate surface area is 267 Å². The van der Waals surface area contributed by atoms with Gasteiger partial charge >= 0.3 is 0 Å². The van der Waals surface area contributed by atoms with Crippen molar-refractivity contribution in [2.45, 2.75) is 119 Å². The van der Waals surface area contributed by atoms with Crippen LogP contribution in [0.1, 0.15) is 94.9 Å². The Morgan fingerprint density at radius 2 is 1.23 bits per heavy atom. The van der Waals surface area contributed by atoms with Crippen LogP contribution >= 0.6 is 0 Å². The van der Waals surface area contributed by atoms with E-state index in [0.717, 1.165) is 28.7 Å². The zero-order valence-corrected chi connectivity index (χ0v) is 28.8. The van der Waals surface area contributed by atoms with Crippen molar-refractivity contribution in [3.63, 3.8) is 0 Å². The number of aliphatic hydroxyl groups is 2. The molecule has 0 bridgehead atoms. The van der Waals surface area contributed by atoms with Crippen LogP contribution in [-0.4, -0.2) is 39.9 Å². The van der Waals surface area contributed by atoms with Crippen LogP contribution in [0.3, 0.4) is 0 Å². The first kappa shape index (κ1) is 35.7. The Balaban J connectivity index is 1.51. The van der Waals surface area contributed by atoms with E-state index in [4.69, 9.17) is 4.74 Å². The molecule has 0 spiro atoms. The van der Waals surface area contributed by atoms with E-state index in [9.17, 15) is 15.0 Å². The SMILES string of the molecule is CC(/C=C/C=C(C)/C=C/C=C(C)/C=C/C(=O)[C@]1(C)C[C@@H](O)CC1(C)C)=C\C=C\C=C(/C)[C@@H]1C=C2C(C)(C)C[C@H](O)C[C@@]2(C)O1. The van der Waals surface area contributed by atoms with Gasteiger partial charge in [0.2, 0.25) is 0 Å². The minimum absolute atomic E-state index is 0.0574. The number of rotatable bonds is 10. The van der Waals surface area contributed by atoms with E-state index >= 15 is 0 Å². The van der Waals surface area contributed by atoms with Gasteiger partial charge in [-0.15, -0.1) is 0 Å². The third kappa shape index (κ3) is 8.68. The first-order valence-corrected chi connectivity index (χ1v) is 16.1. The second-order valence-corrected chi connectivity index (χ2v) is 15.0. The fourth-order valence-corrected chi connectivity index (χ4v) is 7.09. The molecule has 3 aliphatic rings. The third-order valence-electron chi connectivity index (χ3n) is 10.0. The quantitative estimate of drug-likeness (QED) is 0.149. The number of hydrogen-bond donors (Lipinski definition) is 2. The Kier molecular flexibility index (Phi) is 11.4. The second-order valence-electron chi connectivity index (χ2n) is 15.0. The first-order valence-electron chi connectivity index (χ1n) is 16.1. The van der Waals surface area contributed by atoms with Gasteiger partial charge < -0.3 is 14.9 Å². The molecule has 44 heavy (non-hydrogen) atoms. The summed E-state index contributed by atoms with van der Waals surface area (Å²) in [7, 11) is 0. The summed E-state index contributed by atoms with van der Waals surface area (Å²) in [4.78, 5) is 13.0. The van der Waals surface area contributed by atoms with Gasteiger partial charge in [-0.3, -0.25) is 4.79 Å². The molecule has 4 nitrogen and oxygen atoms in total. The lowest BCUT2D eigenvalue weighted by atomic mass is 9.65. The highest BCUT2D eigenvalue weighted by molar-refractivity contribution is 5.95. The minimum Gasteiger partial charge on any atom is -0.393 e. The molecule has 1 heterocycles. The molecule has 2 N–H and O–H groups in total. The van der Waals surface area contributed by atoms with E-state index in [1.165, 1.54) is 5.57 Å². The number of ether oxygens (including phenoxy) is 1. The van der Waals surface area contributed by atoms with Crippen molar-refractivity contribution < 1.29 is 19.7 Å². The van der Waals surface area contributed by atoms with Crippen molar-refractivity contribution in [2.24, 2.45) is 16.2 Å². The van der Waals surface area contributed by atoms with Crippen molar-refractivity contribution in [3.05, 3.63) is 107 Å². The fourth-order valence-electron chi connectivity index (χ4n) is 7.09. The lowest BCUT2D eigenvalue weighted by Crippen LogP contribution is -2.45. The molecule has 1 aliphatic heterocycles. The van der Waals surface area contributed by atoms with Crippen LogP contribution < -0.4 is 0 Å². The number of carbonyl (C=O) groups is 1. The Bertz CT molecular complexity index is 1360. The van der Waals surface area contributed by atoms with Gasteiger partial charge in [0.05, 0.1) is 23.9 Å². The topological polar surface area (TPSA) is 66.8 Å². The van der Waals surface area contributed by atoms with Crippen LogP contribution in [0.15, 0.2) is 107 Å². The maximum absolute atomic E-state index is 13.0. The maximum Gasteiger partial charge on any atom is 0.162 e. The molecule has 3 rings (SSSR count). The summed E-state index contributed by atoms with van der Waals surface area (Å²) in [5.74, 6) is 0.0828. The molecule has 2 fully saturated rings. The molecular formula is C40H56O4. The normalized spacial score (nSPS) is 33.3. The van der Waals surface area contributed by atoms with E-state index in [-0.39, 0.29) is 28.8 Å². The fraction of sp³-hybridized carbons (Fsp3) is 0.525. The highest BCUT2D eigenvalue weighted by Gasteiger charge is 2.53. The van der Waals surface area contributed by atoms with Crippen LogP contribution in [0.4, 0.5) is 0 Å². The number of aliphatic hydroxyl groups excluding tert-OH is 2. The molecule has 0 amide bonds. The van der Waals surface area contributed by atoms with Gasteiger partial charge in [-0.2, -0.15) is 0 Å². The summed E-state index contributed by atoms with van der Waals surface area (Å²) in [6, 6.07) is 0. The van der Waals surface area contributed by atoms with Crippen molar-refractivity contribution in [1.29, 1.82) is 0 Å². The maximum atomic E-state index is 13.0. The second kappa shape index (κ2) is 14.1. The highest BCUT2D eigenvalue weighted by Crippen LogP contribution is 2.53. The lowest BCUT2D eigenvalue weighted by Gasteiger charge is -2.44. The number of hydrogen-bond acceptors (Lipinski definition) is 4. The van der Waals surface area contributed by atoms with Gasteiger partial charge in [0.15, 0.2) is 5.78 Å². The molecule has 240 valence electrons. The Morgan fingerprint density at radius 1 is 0.705 bits per heavy atom. The molecule has 2 saturated carbocycles. The average molecular weight is 601 g/mol. The van der Waals surface area contributed by atoms with Gasteiger partial charge in [-0.25, -0.2) is 0 Å². The number of ketones is 1. The zero-order chi connectivity index (χ0) is 32.9. The molecule has 0 aromatic carbocycles. The molecule has 0 aromatic heterocycles. The van der Waals surface area contributed by atoms with Crippen LogP contribution in [0.5, 0.6) is 0 Å². The van der Waals surface area contributed by atoms with Crippen LogP contribution in [0.2, 0.25) is 0 Å². The van der Waals surface area contributed by atoms with E-state index in [1.54, 1.807) is 6.08 Å². The molecule has 4 heteroatoms. The predicted molar refractivity (Wildman–Crippen MR) is 184 cm³/mol. The standard InChI is InChI=1S/C40H56O4/c1-28(15-11-12-20-31(4)34-23-35-37(5,6)24-32(41)27-40(35,10)44-34)16-13-17-29(2)18-14-19-30(3)21-22-36(43)39(9)26-33(42)25-38(39,7)8/h11-23,32-34,41-42H,24-27H2,1-10H3/b12-11+,16-13+,18-14+,22-21+,28-15+,29-17+,30-19+,31-20+/t32-,33-,34-,39-,40+/m0/s1. The zero-order valence-electron chi connectivity index (χ0n) is 28.8. The van der Waals surface area contributed by atoms with Crippen molar-refractivity contribution in [1.82, 2.24) is 0 Å². The van der Waals surface area contributed by atoms with Crippen LogP contribution in [0, 0.1) is 16.2 Å². The van der Waals surface area contributed by atoms with Crippen LogP contribution in [-0.2, 0) is 9.53 Å².